The van der Waals surface area contributed by atoms with E-state index in [-0.39, 0.29) is 6.29 Å². The van der Waals surface area contributed by atoms with Crippen LogP contribution in [0.4, 0.5) is 0 Å². The van der Waals surface area contributed by atoms with E-state index >= 15 is 0 Å². The van der Waals surface area contributed by atoms with E-state index in [1.807, 2.05) is 24.3 Å². The number of rotatable bonds is 7. The number of ether oxygens (including phenoxy) is 2. The smallest absolute Gasteiger partial charge is 0.229 e. The second-order valence-corrected chi connectivity index (χ2v) is 6.03. The lowest BCUT2D eigenvalue weighted by Crippen LogP contribution is -2.02. The molecule has 0 amide bonds. The van der Waals surface area contributed by atoms with E-state index in [1.54, 1.807) is 26.0 Å². The van der Waals surface area contributed by atoms with Crippen molar-refractivity contribution in [2.24, 2.45) is 0 Å². The van der Waals surface area contributed by atoms with Gasteiger partial charge in [-0.25, -0.2) is 0 Å². The van der Waals surface area contributed by atoms with Gasteiger partial charge < -0.3 is 14.0 Å². The summed E-state index contributed by atoms with van der Waals surface area (Å²) in [6, 6.07) is 8.11. The van der Waals surface area contributed by atoms with Crippen LogP contribution in [0.25, 0.3) is 0 Å². The van der Waals surface area contributed by atoms with Crippen LogP contribution in [0.2, 0.25) is 0 Å². The average Bonchev–Trinajstić information content (AvgIpc) is 3.27. The minimum Gasteiger partial charge on any atom is -0.352 e. The summed E-state index contributed by atoms with van der Waals surface area (Å²) in [5.74, 6) is 2.78. The topological polar surface area (TPSA) is 57.4 Å². The molecule has 1 aliphatic carbocycles. The summed E-state index contributed by atoms with van der Waals surface area (Å²) in [7, 11) is 3.26. The Labute approximate surface area is 128 Å². The van der Waals surface area contributed by atoms with Crippen LogP contribution in [-0.4, -0.2) is 24.4 Å². The number of nitrogens with zero attached hydrogens (tertiary/aromatic N) is 2. The van der Waals surface area contributed by atoms with Crippen LogP contribution in [0.3, 0.4) is 0 Å². The molecule has 0 atom stereocenters. The Kier molecular flexibility index (Phi) is 4.57. The molecular formula is C15H18N2O3S. The van der Waals surface area contributed by atoms with Crippen molar-refractivity contribution in [1.82, 2.24) is 10.1 Å². The molecule has 1 saturated carbocycles. The maximum Gasteiger partial charge on any atom is 0.229 e. The van der Waals surface area contributed by atoms with E-state index in [1.165, 1.54) is 12.8 Å². The van der Waals surface area contributed by atoms with Crippen molar-refractivity contribution in [3.8, 4) is 0 Å². The van der Waals surface area contributed by atoms with Gasteiger partial charge in [0.15, 0.2) is 12.1 Å². The summed E-state index contributed by atoms with van der Waals surface area (Å²) >= 11 is 1.69. The summed E-state index contributed by atoms with van der Waals surface area (Å²) < 4.78 is 15.7. The highest BCUT2D eigenvalue weighted by Crippen LogP contribution is 2.39. The third-order valence-corrected chi connectivity index (χ3v) is 4.37. The fourth-order valence-corrected chi connectivity index (χ4v) is 2.80. The summed E-state index contributed by atoms with van der Waals surface area (Å²) in [6.45, 7) is 0. The maximum atomic E-state index is 5.25. The van der Waals surface area contributed by atoms with Gasteiger partial charge in [0, 0.05) is 30.6 Å². The molecule has 3 rings (SSSR count). The van der Waals surface area contributed by atoms with Gasteiger partial charge in [-0.05, 0) is 25.0 Å². The molecular weight excluding hydrogens is 288 g/mol. The fourth-order valence-electron chi connectivity index (χ4n) is 2.06. The van der Waals surface area contributed by atoms with Crippen LogP contribution in [-0.2, 0) is 15.2 Å². The zero-order chi connectivity index (χ0) is 14.7. The number of aromatic nitrogens is 2. The zero-order valence-electron chi connectivity index (χ0n) is 12.1. The van der Waals surface area contributed by atoms with E-state index in [9.17, 15) is 0 Å². The molecule has 0 N–H and O–H groups in total. The Hall–Kier alpha value is -1.37. The van der Waals surface area contributed by atoms with Gasteiger partial charge in [-0.1, -0.05) is 17.3 Å². The molecule has 6 heteroatoms. The molecule has 1 aromatic heterocycles. The molecule has 0 bridgehead atoms. The second-order valence-electron chi connectivity index (χ2n) is 4.98. The van der Waals surface area contributed by atoms with E-state index in [4.69, 9.17) is 14.0 Å². The van der Waals surface area contributed by atoms with Crippen LogP contribution in [0.5, 0.6) is 0 Å². The van der Waals surface area contributed by atoms with E-state index in [2.05, 4.69) is 10.1 Å². The van der Waals surface area contributed by atoms with Gasteiger partial charge in [0.1, 0.15) is 0 Å². The van der Waals surface area contributed by atoms with E-state index in [0.29, 0.717) is 11.7 Å². The second kappa shape index (κ2) is 6.60. The largest absolute Gasteiger partial charge is 0.352 e. The Bertz CT molecular complexity index is 577. The van der Waals surface area contributed by atoms with Crippen molar-refractivity contribution in [3.63, 3.8) is 0 Å². The van der Waals surface area contributed by atoms with Gasteiger partial charge in [0.2, 0.25) is 5.89 Å². The predicted molar refractivity (Wildman–Crippen MR) is 79.0 cm³/mol. The van der Waals surface area contributed by atoms with Crippen molar-refractivity contribution < 1.29 is 14.0 Å². The molecule has 0 radical (unpaired) electrons. The zero-order valence-corrected chi connectivity index (χ0v) is 12.9. The highest BCUT2D eigenvalue weighted by atomic mass is 32.2. The van der Waals surface area contributed by atoms with E-state index < -0.39 is 0 Å². The molecule has 0 spiro atoms. The van der Waals surface area contributed by atoms with Gasteiger partial charge in [0.05, 0.1) is 5.75 Å². The number of thioether (sulfide) groups is 1. The maximum absolute atomic E-state index is 5.25. The first-order valence-corrected chi connectivity index (χ1v) is 7.89. The highest BCUT2D eigenvalue weighted by molar-refractivity contribution is 7.98. The molecule has 1 aromatic carbocycles. The first kappa shape index (κ1) is 14.6. The minimum absolute atomic E-state index is 0.317. The van der Waals surface area contributed by atoms with Gasteiger partial charge in [-0.3, -0.25) is 0 Å². The molecule has 21 heavy (non-hydrogen) atoms. The summed E-state index contributed by atoms with van der Waals surface area (Å²) in [6.07, 6.45) is 2.04. The molecule has 1 aliphatic rings. The van der Waals surface area contributed by atoms with Crippen molar-refractivity contribution >= 4 is 11.8 Å². The van der Waals surface area contributed by atoms with Crippen molar-refractivity contribution in [2.45, 2.75) is 35.7 Å². The standard InChI is InChI=1S/C15H18N2O3S/c1-18-15(19-2)11-5-7-12(8-6-11)21-9-13-16-14(20-17-13)10-3-4-10/h5-8,10,15H,3-4,9H2,1-2H3. The van der Waals surface area contributed by atoms with Crippen molar-refractivity contribution in [2.75, 3.05) is 14.2 Å². The molecule has 1 heterocycles. The van der Waals surface area contributed by atoms with Gasteiger partial charge in [-0.15, -0.1) is 11.8 Å². The third-order valence-electron chi connectivity index (χ3n) is 3.36. The van der Waals surface area contributed by atoms with Crippen LogP contribution in [0.1, 0.15) is 42.3 Å². The first-order chi connectivity index (χ1) is 10.3. The number of benzene rings is 1. The Morgan fingerprint density at radius 2 is 1.95 bits per heavy atom. The first-order valence-electron chi connectivity index (χ1n) is 6.91. The SMILES string of the molecule is COC(OC)c1ccc(SCc2noc(C3CC3)n2)cc1. The summed E-state index contributed by atoms with van der Waals surface area (Å²) in [4.78, 5) is 5.58. The predicted octanol–water partition coefficient (Wildman–Crippen LogP) is 3.53. The fraction of sp³-hybridized carbons (Fsp3) is 0.467. The average molecular weight is 306 g/mol. The van der Waals surface area contributed by atoms with Gasteiger partial charge in [-0.2, -0.15) is 4.98 Å². The van der Waals surface area contributed by atoms with Gasteiger partial charge >= 0.3 is 0 Å². The van der Waals surface area contributed by atoms with E-state index in [0.717, 1.165) is 22.2 Å². The molecule has 0 saturated heterocycles. The molecule has 1 fully saturated rings. The Morgan fingerprint density at radius 3 is 2.57 bits per heavy atom. The normalized spacial score (nSPS) is 14.8. The number of methoxy groups -OCH3 is 2. The monoisotopic (exact) mass is 306 g/mol. The number of hydrogen-bond acceptors (Lipinski definition) is 6. The van der Waals surface area contributed by atoms with Crippen molar-refractivity contribution in [3.05, 3.63) is 41.5 Å². The summed E-state index contributed by atoms with van der Waals surface area (Å²) in [5.41, 5.74) is 1.000. The van der Waals surface area contributed by atoms with Crippen LogP contribution >= 0.6 is 11.8 Å². The van der Waals surface area contributed by atoms with Crippen molar-refractivity contribution in [1.29, 1.82) is 0 Å². The van der Waals surface area contributed by atoms with Crippen LogP contribution < -0.4 is 0 Å². The quantitative estimate of drug-likeness (QED) is 0.576. The lowest BCUT2D eigenvalue weighted by atomic mass is 10.2. The molecule has 112 valence electrons. The molecule has 0 aliphatic heterocycles. The lowest BCUT2D eigenvalue weighted by Gasteiger charge is -2.13. The third kappa shape index (κ3) is 3.64. The minimum atomic E-state index is -0.317. The Morgan fingerprint density at radius 1 is 1.24 bits per heavy atom. The highest BCUT2D eigenvalue weighted by Gasteiger charge is 2.29. The Balaban J connectivity index is 1.57. The molecule has 0 unspecified atom stereocenters. The van der Waals surface area contributed by atoms with Crippen LogP contribution in [0.15, 0.2) is 33.7 Å². The van der Waals surface area contributed by atoms with Gasteiger partial charge in [0.25, 0.3) is 0 Å². The lowest BCUT2D eigenvalue weighted by molar-refractivity contribution is -0.106. The molecule has 5 nitrogen and oxygen atoms in total. The summed E-state index contributed by atoms with van der Waals surface area (Å²) in [5, 5.41) is 4.02. The van der Waals surface area contributed by atoms with Crippen LogP contribution in [0, 0.1) is 0 Å². The molecule has 2 aromatic rings. The number of hydrogen-bond donors (Lipinski definition) is 0.